The van der Waals surface area contributed by atoms with E-state index < -0.39 is 4.71 Å². The molecule has 76 valence electrons. The highest BCUT2D eigenvalue weighted by molar-refractivity contribution is 6.46. The van der Waals surface area contributed by atoms with Gasteiger partial charge in [-0.3, -0.25) is 0 Å². The predicted molar refractivity (Wildman–Crippen MR) is 56.2 cm³/mol. The van der Waals surface area contributed by atoms with Crippen molar-refractivity contribution in [3.8, 4) is 11.5 Å². The Hall–Kier alpha value is -0.600. The SMILES string of the molecule is CC(C)c1ccc2c(c1)OC(Cl)(Cl)O2. The van der Waals surface area contributed by atoms with E-state index in [0.717, 1.165) is 0 Å². The van der Waals surface area contributed by atoms with Crippen LogP contribution in [0.1, 0.15) is 25.3 Å². The van der Waals surface area contributed by atoms with Crippen LogP contribution in [-0.4, -0.2) is 4.71 Å². The van der Waals surface area contributed by atoms with E-state index in [-0.39, 0.29) is 0 Å². The maximum atomic E-state index is 5.69. The van der Waals surface area contributed by atoms with Crippen molar-refractivity contribution in [2.45, 2.75) is 24.5 Å². The van der Waals surface area contributed by atoms with Crippen molar-refractivity contribution in [2.75, 3.05) is 0 Å². The number of fused-ring (bicyclic) bond motifs is 1. The number of hydrogen-bond donors (Lipinski definition) is 0. The molecule has 0 saturated heterocycles. The summed E-state index contributed by atoms with van der Waals surface area (Å²) in [5, 5.41) is 0. The van der Waals surface area contributed by atoms with Crippen molar-refractivity contribution in [1.29, 1.82) is 0 Å². The van der Waals surface area contributed by atoms with Gasteiger partial charge in [-0.15, -0.1) is 0 Å². The first-order valence-electron chi connectivity index (χ1n) is 4.38. The highest BCUT2D eigenvalue weighted by Crippen LogP contribution is 2.44. The molecule has 0 N–H and O–H groups in total. The van der Waals surface area contributed by atoms with Gasteiger partial charge in [0.05, 0.1) is 0 Å². The summed E-state index contributed by atoms with van der Waals surface area (Å²) in [6.45, 7) is 4.21. The average molecular weight is 233 g/mol. The van der Waals surface area contributed by atoms with Gasteiger partial charge < -0.3 is 9.47 Å². The number of ether oxygens (including phenoxy) is 2. The summed E-state index contributed by atoms with van der Waals surface area (Å²) in [5.74, 6) is 1.62. The number of rotatable bonds is 1. The molecule has 4 heteroatoms. The van der Waals surface area contributed by atoms with Gasteiger partial charge >= 0.3 is 4.71 Å². The first kappa shape index (κ1) is 9.94. The van der Waals surface area contributed by atoms with Crippen LogP contribution >= 0.6 is 23.2 Å². The molecule has 0 radical (unpaired) electrons. The zero-order chi connectivity index (χ0) is 10.3. The third-order valence-electron chi connectivity index (χ3n) is 2.09. The van der Waals surface area contributed by atoms with Crippen LogP contribution in [0.15, 0.2) is 18.2 Å². The normalized spacial score (nSPS) is 17.5. The molecule has 1 aliphatic heterocycles. The number of hydrogen-bond acceptors (Lipinski definition) is 2. The van der Waals surface area contributed by atoms with E-state index in [2.05, 4.69) is 13.8 Å². The molecule has 0 atom stereocenters. The number of alkyl halides is 2. The summed E-state index contributed by atoms with van der Waals surface area (Å²) in [4.78, 5) is 0. The van der Waals surface area contributed by atoms with E-state index in [1.807, 2.05) is 18.2 Å². The first-order chi connectivity index (χ1) is 6.48. The van der Waals surface area contributed by atoms with Gasteiger partial charge in [-0.05, 0) is 46.8 Å². The van der Waals surface area contributed by atoms with Gasteiger partial charge in [0, 0.05) is 0 Å². The van der Waals surface area contributed by atoms with Gasteiger partial charge in [-0.1, -0.05) is 19.9 Å². The maximum absolute atomic E-state index is 5.69. The first-order valence-corrected chi connectivity index (χ1v) is 5.13. The molecule has 1 heterocycles. The standard InChI is InChI=1S/C10H10Cl2O2/c1-6(2)7-3-4-8-9(5-7)14-10(11,12)13-8/h3-6H,1-2H3. The van der Waals surface area contributed by atoms with Gasteiger partial charge in [0.1, 0.15) is 0 Å². The van der Waals surface area contributed by atoms with Gasteiger partial charge in [0.2, 0.25) is 0 Å². The highest BCUT2D eigenvalue weighted by Gasteiger charge is 2.37. The molecule has 0 aromatic heterocycles. The van der Waals surface area contributed by atoms with Gasteiger partial charge in [-0.2, -0.15) is 0 Å². The molecule has 14 heavy (non-hydrogen) atoms. The fourth-order valence-electron chi connectivity index (χ4n) is 1.32. The second kappa shape index (κ2) is 3.21. The van der Waals surface area contributed by atoms with Crippen molar-refractivity contribution in [1.82, 2.24) is 0 Å². The zero-order valence-corrected chi connectivity index (χ0v) is 9.39. The number of benzene rings is 1. The molecule has 1 aliphatic rings. The van der Waals surface area contributed by atoms with E-state index >= 15 is 0 Å². The van der Waals surface area contributed by atoms with Crippen LogP contribution in [0.25, 0.3) is 0 Å². The molecule has 1 aromatic rings. The van der Waals surface area contributed by atoms with Crippen molar-refractivity contribution >= 4 is 23.2 Å². The maximum Gasteiger partial charge on any atom is 0.419 e. The highest BCUT2D eigenvalue weighted by atomic mass is 35.5. The Bertz CT molecular complexity index is 361. The second-order valence-corrected chi connectivity index (χ2v) is 4.72. The van der Waals surface area contributed by atoms with Crippen LogP contribution in [-0.2, 0) is 0 Å². The largest absolute Gasteiger partial charge is 0.423 e. The molecule has 0 fully saturated rings. The lowest BCUT2D eigenvalue weighted by molar-refractivity contribution is 0.0849. The van der Waals surface area contributed by atoms with Crippen LogP contribution in [0, 0.1) is 0 Å². The Morgan fingerprint density at radius 2 is 1.79 bits per heavy atom. The van der Waals surface area contributed by atoms with E-state index in [1.54, 1.807) is 0 Å². The zero-order valence-electron chi connectivity index (χ0n) is 7.88. The molecule has 0 saturated carbocycles. The summed E-state index contributed by atoms with van der Waals surface area (Å²) in [6, 6.07) is 5.69. The molecule has 0 aliphatic carbocycles. The van der Waals surface area contributed by atoms with Gasteiger partial charge in [0.25, 0.3) is 0 Å². The Kier molecular flexibility index (Phi) is 2.28. The second-order valence-electron chi connectivity index (χ2n) is 3.53. The van der Waals surface area contributed by atoms with Gasteiger partial charge in [0.15, 0.2) is 11.5 Å². The van der Waals surface area contributed by atoms with Gasteiger partial charge in [-0.25, -0.2) is 0 Å². The van der Waals surface area contributed by atoms with Crippen molar-refractivity contribution in [3.05, 3.63) is 23.8 Å². The van der Waals surface area contributed by atoms with Crippen molar-refractivity contribution < 1.29 is 9.47 Å². The van der Waals surface area contributed by atoms with Crippen LogP contribution in [0.5, 0.6) is 11.5 Å². The van der Waals surface area contributed by atoms with E-state index in [4.69, 9.17) is 32.7 Å². The summed E-state index contributed by atoms with van der Waals surface area (Å²) < 4.78 is 8.76. The minimum atomic E-state index is -1.57. The minimum absolute atomic E-state index is 0.435. The fraction of sp³-hybridized carbons (Fsp3) is 0.400. The lowest BCUT2D eigenvalue weighted by Gasteiger charge is -2.09. The third kappa shape index (κ3) is 1.77. The molecule has 0 amide bonds. The molecular formula is C10H10Cl2O2. The summed E-state index contributed by atoms with van der Waals surface area (Å²) >= 11 is 11.4. The quantitative estimate of drug-likeness (QED) is 0.689. The lowest BCUT2D eigenvalue weighted by atomic mass is 10.0. The van der Waals surface area contributed by atoms with Crippen LogP contribution in [0.4, 0.5) is 0 Å². The smallest absolute Gasteiger partial charge is 0.419 e. The molecule has 0 spiro atoms. The minimum Gasteiger partial charge on any atom is -0.423 e. The van der Waals surface area contributed by atoms with Crippen LogP contribution < -0.4 is 9.47 Å². The molecule has 2 nitrogen and oxygen atoms in total. The molecule has 0 unspecified atom stereocenters. The van der Waals surface area contributed by atoms with E-state index in [0.29, 0.717) is 17.4 Å². The van der Waals surface area contributed by atoms with Crippen LogP contribution in [0.3, 0.4) is 0 Å². The lowest BCUT2D eigenvalue weighted by Crippen LogP contribution is -2.22. The van der Waals surface area contributed by atoms with Crippen molar-refractivity contribution in [3.63, 3.8) is 0 Å². The van der Waals surface area contributed by atoms with Crippen LogP contribution in [0.2, 0.25) is 0 Å². The van der Waals surface area contributed by atoms with Crippen molar-refractivity contribution in [2.24, 2.45) is 0 Å². The monoisotopic (exact) mass is 232 g/mol. The molecule has 0 bridgehead atoms. The molecule has 2 rings (SSSR count). The summed E-state index contributed by atoms with van der Waals surface area (Å²) in [7, 11) is 0. The summed E-state index contributed by atoms with van der Waals surface area (Å²) in [6.07, 6.45) is 0. The fourth-order valence-corrected chi connectivity index (χ4v) is 1.66. The topological polar surface area (TPSA) is 18.5 Å². The Balaban J connectivity index is 2.36. The Morgan fingerprint density at radius 1 is 1.14 bits per heavy atom. The summed E-state index contributed by atoms with van der Waals surface area (Å²) in [5.41, 5.74) is 1.17. The molecule has 1 aromatic carbocycles. The molecular weight excluding hydrogens is 223 g/mol. The Labute approximate surface area is 92.7 Å². The third-order valence-corrected chi connectivity index (χ3v) is 2.40. The number of halogens is 2. The Morgan fingerprint density at radius 3 is 2.43 bits per heavy atom. The predicted octanol–water partition coefficient (Wildman–Crippen LogP) is 3.67. The average Bonchev–Trinajstić information content (AvgIpc) is 2.36. The van der Waals surface area contributed by atoms with E-state index in [1.165, 1.54) is 5.56 Å². The van der Waals surface area contributed by atoms with E-state index in [9.17, 15) is 0 Å².